The third kappa shape index (κ3) is 2.66. The highest BCUT2D eigenvalue weighted by Gasteiger charge is 2.13. The zero-order valence-corrected chi connectivity index (χ0v) is 8.24. The maximum absolute atomic E-state index is 11.1. The quantitative estimate of drug-likeness (QED) is 0.718. The van der Waals surface area contributed by atoms with E-state index in [9.17, 15) is 4.79 Å². The van der Waals surface area contributed by atoms with Crippen LogP contribution >= 0.6 is 0 Å². The minimum absolute atomic E-state index is 0.116. The minimum Gasteiger partial charge on any atom is -0.340 e. The lowest BCUT2D eigenvalue weighted by atomic mass is 10.1. The molecule has 0 saturated heterocycles. The van der Waals surface area contributed by atoms with Crippen molar-refractivity contribution in [3.05, 3.63) is 18.2 Å². The number of carbonyl (C=O) groups excluding carboxylic acids is 1. The molecule has 0 amide bonds. The normalized spacial score (nSPS) is 12.8. The summed E-state index contributed by atoms with van der Waals surface area (Å²) in [5.41, 5.74) is 0.942. The number of hydrogen-bond donors (Lipinski definition) is 1. The molecule has 0 bridgehead atoms. The van der Waals surface area contributed by atoms with E-state index >= 15 is 0 Å². The molecule has 0 fully saturated rings. The molecular formula is C9H15N3O. The maximum atomic E-state index is 11.1. The van der Waals surface area contributed by atoms with Gasteiger partial charge in [-0.05, 0) is 14.0 Å². The van der Waals surface area contributed by atoms with E-state index in [0.29, 0.717) is 6.42 Å². The van der Waals surface area contributed by atoms with Crippen molar-refractivity contribution in [3.8, 4) is 0 Å². The van der Waals surface area contributed by atoms with Crippen LogP contribution in [0.15, 0.2) is 12.5 Å². The fraction of sp³-hybridized carbons (Fsp3) is 0.556. The van der Waals surface area contributed by atoms with E-state index in [1.54, 1.807) is 20.3 Å². The molecular weight excluding hydrogens is 166 g/mol. The van der Waals surface area contributed by atoms with Gasteiger partial charge in [-0.1, -0.05) is 0 Å². The van der Waals surface area contributed by atoms with Crippen LogP contribution in [-0.4, -0.2) is 28.4 Å². The van der Waals surface area contributed by atoms with Crippen molar-refractivity contribution in [1.82, 2.24) is 14.9 Å². The van der Waals surface area contributed by atoms with Gasteiger partial charge in [0.1, 0.15) is 5.78 Å². The first-order valence-electron chi connectivity index (χ1n) is 4.28. The SMILES string of the molecule is CN[C@@H](Cc1cn(C)cn1)C(C)=O. The Hall–Kier alpha value is -1.16. The molecule has 4 nitrogen and oxygen atoms in total. The summed E-state index contributed by atoms with van der Waals surface area (Å²) in [6.45, 7) is 1.59. The molecule has 0 aliphatic rings. The molecule has 0 spiro atoms. The molecule has 0 aliphatic carbocycles. The highest BCUT2D eigenvalue weighted by Crippen LogP contribution is 2.00. The van der Waals surface area contributed by atoms with E-state index < -0.39 is 0 Å². The van der Waals surface area contributed by atoms with Crippen molar-refractivity contribution in [2.75, 3.05) is 7.05 Å². The molecule has 1 aromatic rings. The van der Waals surface area contributed by atoms with E-state index in [1.165, 1.54) is 0 Å². The fourth-order valence-electron chi connectivity index (χ4n) is 1.23. The first-order valence-corrected chi connectivity index (χ1v) is 4.28. The van der Waals surface area contributed by atoms with Gasteiger partial charge in [0, 0.05) is 19.7 Å². The molecule has 72 valence electrons. The number of nitrogens with zero attached hydrogens (tertiary/aromatic N) is 2. The molecule has 0 saturated carbocycles. The van der Waals surface area contributed by atoms with E-state index in [0.717, 1.165) is 5.69 Å². The van der Waals surface area contributed by atoms with Crippen molar-refractivity contribution in [2.24, 2.45) is 7.05 Å². The van der Waals surface area contributed by atoms with Crippen LogP contribution in [0.5, 0.6) is 0 Å². The highest BCUT2D eigenvalue weighted by molar-refractivity contribution is 5.81. The van der Waals surface area contributed by atoms with Gasteiger partial charge in [-0.3, -0.25) is 4.79 Å². The Morgan fingerprint density at radius 1 is 1.77 bits per heavy atom. The molecule has 13 heavy (non-hydrogen) atoms. The number of carbonyl (C=O) groups is 1. The lowest BCUT2D eigenvalue weighted by Crippen LogP contribution is -2.34. The lowest BCUT2D eigenvalue weighted by molar-refractivity contribution is -0.118. The van der Waals surface area contributed by atoms with Crippen LogP contribution in [0.3, 0.4) is 0 Å². The van der Waals surface area contributed by atoms with Crippen LogP contribution in [0.2, 0.25) is 0 Å². The summed E-state index contributed by atoms with van der Waals surface area (Å²) < 4.78 is 1.88. The Morgan fingerprint density at radius 3 is 2.85 bits per heavy atom. The Morgan fingerprint density at radius 2 is 2.46 bits per heavy atom. The summed E-state index contributed by atoms with van der Waals surface area (Å²) in [7, 11) is 3.70. The molecule has 1 aromatic heterocycles. The van der Waals surface area contributed by atoms with E-state index in [-0.39, 0.29) is 11.8 Å². The maximum Gasteiger partial charge on any atom is 0.147 e. The molecule has 4 heteroatoms. The summed E-state index contributed by atoms with van der Waals surface area (Å²) in [6.07, 6.45) is 4.32. The topological polar surface area (TPSA) is 46.9 Å². The zero-order chi connectivity index (χ0) is 9.84. The molecule has 1 heterocycles. The first kappa shape index (κ1) is 9.92. The number of imidazole rings is 1. The van der Waals surface area contributed by atoms with Crippen LogP contribution in [0.4, 0.5) is 0 Å². The third-order valence-electron chi connectivity index (χ3n) is 2.01. The van der Waals surface area contributed by atoms with Gasteiger partial charge < -0.3 is 9.88 Å². The molecule has 0 unspecified atom stereocenters. The summed E-state index contributed by atoms with van der Waals surface area (Å²) in [4.78, 5) is 15.2. The Kier molecular flexibility index (Phi) is 3.19. The largest absolute Gasteiger partial charge is 0.340 e. The van der Waals surface area contributed by atoms with Gasteiger partial charge >= 0.3 is 0 Å². The predicted molar refractivity (Wildman–Crippen MR) is 50.4 cm³/mol. The fourth-order valence-corrected chi connectivity index (χ4v) is 1.23. The van der Waals surface area contributed by atoms with Crippen LogP contribution in [0.1, 0.15) is 12.6 Å². The van der Waals surface area contributed by atoms with Gasteiger partial charge in [0.15, 0.2) is 0 Å². The standard InChI is InChI=1S/C9H15N3O/c1-7(13)9(10-2)4-8-5-12(3)6-11-8/h5-6,9-10H,4H2,1-3H3/t9-/m0/s1. The number of rotatable bonds is 4. The molecule has 0 aromatic carbocycles. The summed E-state index contributed by atoms with van der Waals surface area (Å²) in [6, 6.07) is -0.116. The number of Topliss-reactive ketones (excluding diaryl/α,β-unsaturated/α-hetero) is 1. The average molecular weight is 181 g/mol. The van der Waals surface area contributed by atoms with Gasteiger partial charge in [-0.15, -0.1) is 0 Å². The smallest absolute Gasteiger partial charge is 0.147 e. The number of aryl methyl sites for hydroxylation is 1. The predicted octanol–water partition coefficient (Wildman–Crippen LogP) is 0.140. The zero-order valence-electron chi connectivity index (χ0n) is 8.24. The molecule has 1 atom stereocenters. The number of aromatic nitrogens is 2. The van der Waals surface area contributed by atoms with Crippen LogP contribution in [0.25, 0.3) is 0 Å². The second-order valence-corrected chi connectivity index (χ2v) is 3.19. The number of hydrogen-bond acceptors (Lipinski definition) is 3. The van der Waals surface area contributed by atoms with Crippen LogP contribution in [0, 0.1) is 0 Å². The Balaban J connectivity index is 2.61. The van der Waals surface area contributed by atoms with Crippen molar-refractivity contribution >= 4 is 5.78 Å². The second kappa shape index (κ2) is 4.18. The van der Waals surface area contributed by atoms with Gasteiger partial charge in [-0.2, -0.15) is 0 Å². The lowest BCUT2D eigenvalue weighted by Gasteiger charge is -2.09. The Bertz CT molecular complexity index is 293. The first-order chi connectivity index (χ1) is 6.13. The molecule has 0 radical (unpaired) electrons. The van der Waals surface area contributed by atoms with Gasteiger partial charge in [0.2, 0.25) is 0 Å². The third-order valence-corrected chi connectivity index (χ3v) is 2.01. The highest BCUT2D eigenvalue weighted by atomic mass is 16.1. The minimum atomic E-state index is -0.116. The summed E-state index contributed by atoms with van der Waals surface area (Å²) in [5, 5.41) is 2.96. The van der Waals surface area contributed by atoms with Crippen LogP contribution < -0.4 is 5.32 Å². The number of likely N-dealkylation sites (N-methyl/N-ethyl adjacent to an activating group) is 1. The number of ketones is 1. The van der Waals surface area contributed by atoms with Crippen molar-refractivity contribution in [3.63, 3.8) is 0 Å². The van der Waals surface area contributed by atoms with E-state index in [2.05, 4.69) is 10.3 Å². The van der Waals surface area contributed by atoms with Crippen molar-refractivity contribution in [1.29, 1.82) is 0 Å². The van der Waals surface area contributed by atoms with E-state index in [4.69, 9.17) is 0 Å². The Labute approximate surface area is 78.0 Å². The molecule has 0 aliphatic heterocycles. The van der Waals surface area contributed by atoms with Crippen molar-refractivity contribution in [2.45, 2.75) is 19.4 Å². The van der Waals surface area contributed by atoms with Crippen LogP contribution in [-0.2, 0) is 18.3 Å². The van der Waals surface area contributed by atoms with Gasteiger partial charge in [0.05, 0.1) is 18.1 Å². The molecule has 1 rings (SSSR count). The summed E-state index contributed by atoms with van der Waals surface area (Å²) >= 11 is 0. The summed E-state index contributed by atoms with van der Waals surface area (Å²) in [5.74, 6) is 0.146. The second-order valence-electron chi connectivity index (χ2n) is 3.19. The molecule has 1 N–H and O–H groups in total. The van der Waals surface area contributed by atoms with Gasteiger partial charge in [-0.25, -0.2) is 4.98 Å². The van der Waals surface area contributed by atoms with Gasteiger partial charge in [0.25, 0.3) is 0 Å². The average Bonchev–Trinajstić information content (AvgIpc) is 2.46. The monoisotopic (exact) mass is 181 g/mol. The van der Waals surface area contributed by atoms with Crippen molar-refractivity contribution < 1.29 is 4.79 Å². The number of nitrogens with one attached hydrogen (secondary N) is 1. The van der Waals surface area contributed by atoms with E-state index in [1.807, 2.05) is 17.8 Å².